The van der Waals surface area contributed by atoms with Gasteiger partial charge in [0.05, 0.1) is 22.6 Å². The van der Waals surface area contributed by atoms with Crippen molar-refractivity contribution in [2.45, 2.75) is 20.3 Å². The van der Waals surface area contributed by atoms with Gasteiger partial charge in [-0.2, -0.15) is 5.10 Å². The Labute approximate surface area is 151 Å². The molecule has 134 valence electrons. The lowest BCUT2D eigenvalue weighted by Gasteiger charge is -2.16. The number of nitrogens with zero attached hydrogens (tertiary/aromatic N) is 2. The van der Waals surface area contributed by atoms with Crippen molar-refractivity contribution >= 4 is 11.6 Å². The summed E-state index contributed by atoms with van der Waals surface area (Å²) in [5, 5.41) is 7.28. The molecule has 3 aromatic rings. The van der Waals surface area contributed by atoms with E-state index in [0.29, 0.717) is 29.2 Å². The van der Waals surface area contributed by atoms with Gasteiger partial charge in [-0.05, 0) is 37.3 Å². The topological polar surface area (TPSA) is 56.1 Å². The fourth-order valence-electron chi connectivity index (χ4n) is 2.73. The van der Waals surface area contributed by atoms with E-state index in [1.807, 2.05) is 26.1 Å². The van der Waals surface area contributed by atoms with Crippen molar-refractivity contribution in [2.75, 3.05) is 5.32 Å². The fraction of sp³-hybridized carbons (Fsp3) is 0.200. The largest absolute Gasteiger partial charge is 0.456 e. The van der Waals surface area contributed by atoms with Gasteiger partial charge in [-0.3, -0.25) is 9.48 Å². The van der Waals surface area contributed by atoms with Gasteiger partial charge in [-0.1, -0.05) is 19.1 Å². The molecule has 0 saturated heterocycles. The molecule has 0 saturated carbocycles. The minimum absolute atomic E-state index is 0.104. The third-order valence-corrected chi connectivity index (χ3v) is 3.90. The van der Waals surface area contributed by atoms with E-state index in [1.165, 1.54) is 12.1 Å². The van der Waals surface area contributed by atoms with E-state index in [-0.39, 0.29) is 11.7 Å². The number of aryl methyl sites for hydroxylation is 2. The molecule has 0 aliphatic rings. The molecule has 2 aromatic carbocycles. The van der Waals surface area contributed by atoms with Crippen molar-refractivity contribution in [2.24, 2.45) is 7.05 Å². The van der Waals surface area contributed by atoms with Crippen molar-refractivity contribution in [3.8, 4) is 22.8 Å². The molecule has 0 radical (unpaired) electrons. The first-order chi connectivity index (χ1) is 12.5. The first-order valence-electron chi connectivity index (χ1n) is 8.35. The van der Waals surface area contributed by atoms with Crippen LogP contribution in [0.4, 0.5) is 10.1 Å². The molecule has 0 bridgehead atoms. The number of carbonyl (C=O) groups excluding carboxylic acids is 1. The summed E-state index contributed by atoms with van der Waals surface area (Å²) in [6.45, 7) is 3.68. The van der Waals surface area contributed by atoms with Gasteiger partial charge in [0.1, 0.15) is 17.3 Å². The maximum atomic E-state index is 13.5. The molecule has 1 heterocycles. The van der Waals surface area contributed by atoms with Gasteiger partial charge in [0, 0.05) is 19.5 Å². The van der Waals surface area contributed by atoms with Crippen LogP contribution in [0, 0.1) is 12.7 Å². The normalized spacial score (nSPS) is 10.6. The summed E-state index contributed by atoms with van der Waals surface area (Å²) in [5.41, 5.74) is 2.95. The summed E-state index contributed by atoms with van der Waals surface area (Å²) in [7, 11) is 1.83. The highest BCUT2D eigenvalue weighted by atomic mass is 19.1. The number of hydrogen-bond acceptors (Lipinski definition) is 3. The van der Waals surface area contributed by atoms with Crippen LogP contribution in [0.2, 0.25) is 0 Å². The molecular weight excluding hydrogens is 333 g/mol. The van der Waals surface area contributed by atoms with Crippen molar-refractivity contribution in [1.82, 2.24) is 9.78 Å². The van der Waals surface area contributed by atoms with Crippen LogP contribution in [0.3, 0.4) is 0 Å². The molecule has 0 aliphatic heterocycles. The molecule has 1 N–H and O–H groups in total. The highest BCUT2D eigenvalue weighted by Gasteiger charge is 2.18. The number of aromatic nitrogens is 2. The smallest absolute Gasteiger partial charge is 0.224 e. The molecule has 5 nitrogen and oxygen atoms in total. The average molecular weight is 353 g/mol. The molecule has 1 amide bonds. The van der Waals surface area contributed by atoms with Gasteiger partial charge in [0.25, 0.3) is 0 Å². The first-order valence-corrected chi connectivity index (χ1v) is 8.35. The Bertz CT molecular complexity index is 950. The van der Waals surface area contributed by atoms with Crippen molar-refractivity contribution in [3.05, 3.63) is 60.0 Å². The Hall–Kier alpha value is -3.15. The number of carbonyl (C=O) groups is 1. The number of hydrogen-bond donors (Lipinski definition) is 1. The zero-order chi connectivity index (χ0) is 18.7. The molecule has 0 spiro atoms. The number of benzene rings is 2. The highest BCUT2D eigenvalue weighted by molar-refractivity contribution is 5.96. The van der Waals surface area contributed by atoms with Crippen LogP contribution in [-0.2, 0) is 11.8 Å². The second-order valence-corrected chi connectivity index (χ2v) is 5.93. The fourth-order valence-corrected chi connectivity index (χ4v) is 2.73. The molecule has 0 unspecified atom stereocenters. The van der Waals surface area contributed by atoms with Crippen molar-refractivity contribution in [1.29, 1.82) is 0 Å². The lowest BCUT2D eigenvalue weighted by molar-refractivity contribution is -0.115. The lowest BCUT2D eigenvalue weighted by Crippen LogP contribution is -2.11. The Morgan fingerprint density at radius 1 is 1.23 bits per heavy atom. The number of anilines is 1. The summed E-state index contributed by atoms with van der Waals surface area (Å²) >= 11 is 0. The monoisotopic (exact) mass is 353 g/mol. The number of ether oxygens (including phenoxy) is 1. The van der Waals surface area contributed by atoms with E-state index >= 15 is 0 Å². The second-order valence-electron chi connectivity index (χ2n) is 5.93. The summed E-state index contributed by atoms with van der Waals surface area (Å²) in [6, 6.07) is 13.2. The third kappa shape index (κ3) is 3.74. The van der Waals surface area contributed by atoms with E-state index in [4.69, 9.17) is 4.74 Å². The van der Waals surface area contributed by atoms with Crippen LogP contribution >= 0.6 is 0 Å². The molecule has 0 atom stereocenters. The van der Waals surface area contributed by atoms with E-state index in [9.17, 15) is 9.18 Å². The van der Waals surface area contributed by atoms with Crippen molar-refractivity contribution in [3.63, 3.8) is 0 Å². The van der Waals surface area contributed by atoms with E-state index in [1.54, 1.807) is 35.9 Å². The number of nitrogens with one attached hydrogen (secondary N) is 1. The average Bonchev–Trinajstić information content (AvgIpc) is 2.93. The quantitative estimate of drug-likeness (QED) is 0.725. The summed E-state index contributed by atoms with van der Waals surface area (Å²) in [5.74, 6) is 0.403. The molecule has 0 aliphatic carbocycles. The predicted octanol–water partition coefficient (Wildman–Crippen LogP) is 4.68. The third-order valence-electron chi connectivity index (χ3n) is 3.90. The first kappa shape index (κ1) is 17.7. The zero-order valence-electron chi connectivity index (χ0n) is 14.9. The Balaban J connectivity index is 2.12. The predicted molar refractivity (Wildman–Crippen MR) is 98.8 cm³/mol. The van der Waals surface area contributed by atoms with Crippen LogP contribution in [-0.4, -0.2) is 15.7 Å². The van der Waals surface area contributed by atoms with Gasteiger partial charge in [0.15, 0.2) is 0 Å². The number of halogens is 1. The molecule has 1 aromatic heterocycles. The van der Waals surface area contributed by atoms with Crippen LogP contribution in [0.15, 0.2) is 48.5 Å². The van der Waals surface area contributed by atoms with Crippen LogP contribution in [0.25, 0.3) is 11.3 Å². The standard InChI is InChI=1S/C20H20FN3O2/c1-4-19(25)22-16-9-6-10-18(26-15-8-5-7-14(21)12-15)20(16)17-11-13(2)23-24(17)3/h5-12H,4H2,1-3H3,(H,22,25). The van der Waals surface area contributed by atoms with Gasteiger partial charge in [0.2, 0.25) is 5.91 Å². The summed E-state index contributed by atoms with van der Waals surface area (Å²) in [4.78, 5) is 11.9. The Morgan fingerprint density at radius 2 is 2.00 bits per heavy atom. The number of rotatable bonds is 5. The SMILES string of the molecule is CCC(=O)Nc1cccc(Oc2cccc(F)c2)c1-c1cc(C)nn1C. The molecule has 3 rings (SSSR count). The van der Waals surface area contributed by atoms with E-state index in [2.05, 4.69) is 10.4 Å². The highest BCUT2D eigenvalue weighted by Crippen LogP contribution is 2.39. The molecule has 0 fully saturated rings. The second kappa shape index (κ2) is 7.39. The van der Waals surface area contributed by atoms with Crippen LogP contribution in [0.1, 0.15) is 19.0 Å². The van der Waals surface area contributed by atoms with Gasteiger partial charge < -0.3 is 10.1 Å². The van der Waals surface area contributed by atoms with Crippen LogP contribution in [0.5, 0.6) is 11.5 Å². The van der Waals surface area contributed by atoms with Gasteiger partial charge in [-0.25, -0.2) is 4.39 Å². The zero-order valence-corrected chi connectivity index (χ0v) is 14.9. The van der Waals surface area contributed by atoms with Crippen LogP contribution < -0.4 is 10.1 Å². The maximum absolute atomic E-state index is 13.5. The molecule has 6 heteroatoms. The van der Waals surface area contributed by atoms with Crippen molar-refractivity contribution < 1.29 is 13.9 Å². The minimum atomic E-state index is -0.379. The minimum Gasteiger partial charge on any atom is -0.456 e. The maximum Gasteiger partial charge on any atom is 0.224 e. The van der Waals surface area contributed by atoms with E-state index < -0.39 is 0 Å². The molecule has 26 heavy (non-hydrogen) atoms. The summed E-state index contributed by atoms with van der Waals surface area (Å²) in [6.07, 6.45) is 0.360. The number of amides is 1. The Kier molecular flexibility index (Phi) is 5.02. The lowest BCUT2D eigenvalue weighted by atomic mass is 10.1. The van der Waals surface area contributed by atoms with Gasteiger partial charge >= 0.3 is 0 Å². The Morgan fingerprint density at radius 3 is 2.65 bits per heavy atom. The molecular formula is C20H20FN3O2. The van der Waals surface area contributed by atoms with E-state index in [0.717, 1.165) is 11.4 Å². The summed E-state index contributed by atoms with van der Waals surface area (Å²) < 4.78 is 21.2. The van der Waals surface area contributed by atoms with Gasteiger partial charge in [-0.15, -0.1) is 0 Å².